The molecule has 0 saturated carbocycles. The fourth-order valence-electron chi connectivity index (χ4n) is 1.53. The summed E-state index contributed by atoms with van der Waals surface area (Å²) < 4.78 is 0. The SMILES string of the molecule is Cc1ccc2[nH]cc(C(=O)C(=O)Cl)c2c1. The van der Waals surface area contributed by atoms with Crippen molar-refractivity contribution >= 4 is 33.5 Å². The van der Waals surface area contributed by atoms with Crippen molar-refractivity contribution in [2.24, 2.45) is 0 Å². The van der Waals surface area contributed by atoms with E-state index < -0.39 is 11.0 Å². The Kier molecular flexibility index (Phi) is 2.32. The predicted octanol–water partition coefficient (Wildman–Crippen LogP) is 2.42. The van der Waals surface area contributed by atoms with Crippen molar-refractivity contribution in [2.45, 2.75) is 6.92 Å². The van der Waals surface area contributed by atoms with E-state index in [0.29, 0.717) is 5.56 Å². The molecule has 0 aliphatic heterocycles. The van der Waals surface area contributed by atoms with E-state index in [1.165, 1.54) is 6.20 Å². The largest absolute Gasteiger partial charge is 0.360 e. The van der Waals surface area contributed by atoms with Crippen LogP contribution < -0.4 is 0 Å². The van der Waals surface area contributed by atoms with Crippen LogP contribution in [0.2, 0.25) is 0 Å². The zero-order chi connectivity index (χ0) is 11.0. The Balaban J connectivity index is 2.67. The lowest BCUT2D eigenvalue weighted by atomic mass is 10.1. The summed E-state index contributed by atoms with van der Waals surface area (Å²) >= 11 is 5.16. The standard InChI is InChI=1S/C11H8ClNO2/c1-6-2-3-9-7(4-6)8(5-13-9)10(14)11(12)15/h2-5,13H,1H3. The molecular weight excluding hydrogens is 214 g/mol. The summed E-state index contributed by atoms with van der Waals surface area (Å²) in [5, 5.41) is -0.230. The fourth-order valence-corrected chi connectivity index (χ4v) is 1.63. The van der Waals surface area contributed by atoms with E-state index in [-0.39, 0.29) is 0 Å². The summed E-state index contributed by atoms with van der Waals surface area (Å²) in [7, 11) is 0. The van der Waals surface area contributed by atoms with Crippen molar-refractivity contribution in [3.05, 3.63) is 35.5 Å². The minimum Gasteiger partial charge on any atom is -0.360 e. The van der Waals surface area contributed by atoms with Gasteiger partial charge in [-0.25, -0.2) is 0 Å². The lowest BCUT2D eigenvalue weighted by Crippen LogP contribution is -2.06. The Morgan fingerprint density at radius 2 is 2.07 bits per heavy atom. The van der Waals surface area contributed by atoms with E-state index >= 15 is 0 Å². The van der Waals surface area contributed by atoms with Crippen molar-refractivity contribution < 1.29 is 9.59 Å². The van der Waals surface area contributed by atoms with Crippen LogP contribution in [-0.2, 0) is 4.79 Å². The number of ketones is 1. The number of H-pyrrole nitrogens is 1. The van der Waals surface area contributed by atoms with Gasteiger partial charge in [-0.15, -0.1) is 0 Å². The van der Waals surface area contributed by atoms with Crippen LogP contribution in [0.3, 0.4) is 0 Å². The second-order valence-electron chi connectivity index (χ2n) is 3.35. The molecule has 4 heteroatoms. The van der Waals surface area contributed by atoms with Gasteiger partial charge < -0.3 is 4.98 Å². The molecule has 0 spiro atoms. The first-order valence-electron chi connectivity index (χ1n) is 4.41. The minimum absolute atomic E-state index is 0.328. The maximum atomic E-state index is 11.4. The van der Waals surface area contributed by atoms with E-state index in [1.807, 2.05) is 25.1 Å². The van der Waals surface area contributed by atoms with E-state index in [4.69, 9.17) is 11.6 Å². The molecule has 0 bridgehead atoms. The van der Waals surface area contributed by atoms with E-state index in [1.54, 1.807) is 0 Å². The Morgan fingerprint density at radius 3 is 2.73 bits per heavy atom. The number of carbonyl (C=O) groups excluding carboxylic acids is 2. The average molecular weight is 222 g/mol. The number of carbonyl (C=O) groups is 2. The molecule has 0 unspecified atom stereocenters. The van der Waals surface area contributed by atoms with Gasteiger partial charge in [0.1, 0.15) is 0 Å². The number of rotatable bonds is 2. The van der Waals surface area contributed by atoms with Crippen LogP contribution in [0.1, 0.15) is 15.9 Å². The van der Waals surface area contributed by atoms with Gasteiger partial charge in [0.2, 0.25) is 5.78 Å². The molecule has 1 heterocycles. The van der Waals surface area contributed by atoms with E-state index in [0.717, 1.165) is 16.5 Å². The number of aromatic amines is 1. The van der Waals surface area contributed by atoms with Crippen LogP contribution >= 0.6 is 11.6 Å². The van der Waals surface area contributed by atoms with Crippen molar-refractivity contribution in [3.8, 4) is 0 Å². The summed E-state index contributed by atoms with van der Waals surface area (Å²) in [6.07, 6.45) is 1.51. The molecule has 0 amide bonds. The third-order valence-corrected chi connectivity index (χ3v) is 2.43. The van der Waals surface area contributed by atoms with Gasteiger partial charge in [0.05, 0.1) is 5.56 Å². The summed E-state index contributed by atoms with van der Waals surface area (Å²) in [6, 6.07) is 5.63. The van der Waals surface area contributed by atoms with Crippen LogP contribution in [0.15, 0.2) is 24.4 Å². The van der Waals surface area contributed by atoms with Gasteiger partial charge in [-0.1, -0.05) is 11.6 Å². The van der Waals surface area contributed by atoms with Crippen molar-refractivity contribution in [2.75, 3.05) is 0 Å². The summed E-state index contributed by atoms with van der Waals surface area (Å²) in [6.45, 7) is 1.92. The first kappa shape index (κ1) is 9.93. The molecule has 76 valence electrons. The van der Waals surface area contributed by atoms with Crippen molar-refractivity contribution in [3.63, 3.8) is 0 Å². The molecule has 0 aliphatic rings. The van der Waals surface area contributed by atoms with Crippen molar-refractivity contribution in [1.82, 2.24) is 4.98 Å². The Morgan fingerprint density at radius 1 is 1.33 bits per heavy atom. The molecule has 0 aliphatic carbocycles. The first-order chi connectivity index (χ1) is 7.09. The molecule has 1 N–H and O–H groups in total. The van der Waals surface area contributed by atoms with Crippen LogP contribution in [0.5, 0.6) is 0 Å². The number of aryl methyl sites for hydroxylation is 1. The molecule has 0 atom stereocenters. The zero-order valence-electron chi connectivity index (χ0n) is 8.00. The lowest BCUT2D eigenvalue weighted by molar-refractivity contribution is -0.108. The third-order valence-electron chi connectivity index (χ3n) is 2.26. The fraction of sp³-hybridized carbons (Fsp3) is 0.0909. The predicted molar refractivity (Wildman–Crippen MR) is 58.2 cm³/mol. The molecule has 2 aromatic rings. The molecule has 3 nitrogen and oxygen atoms in total. The highest BCUT2D eigenvalue weighted by atomic mass is 35.5. The van der Waals surface area contributed by atoms with E-state index in [9.17, 15) is 9.59 Å². The highest BCUT2D eigenvalue weighted by Crippen LogP contribution is 2.20. The van der Waals surface area contributed by atoms with Crippen LogP contribution in [0.25, 0.3) is 10.9 Å². The molecular formula is C11H8ClNO2. The molecule has 0 saturated heterocycles. The monoisotopic (exact) mass is 221 g/mol. The van der Waals surface area contributed by atoms with Crippen LogP contribution in [0, 0.1) is 6.92 Å². The molecule has 0 fully saturated rings. The number of nitrogens with one attached hydrogen (secondary N) is 1. The van der Waals surface area contributed by atoms with Crippen molar-refractivity contribution in [1.29, 1.82) is 0 Å². The van der Waals surface area contributed by atoms with Crippen LogP contribution in [-0.4, -0.2) is 16.0 Å². The number of halogens is 1. The third kappa shape index (κ3) is 1.66. The average Bonchev–Trinajstić information content (AvgIpc) is 2.59. The normalized spacial score (nSPS) is 10.5. The highest BCUT2D eigenvalue weighted by Gasteiger charge is 2.17. The van der Waals surface area contributed by atoms with Gasteiger partial charge in [0.15, 0.2) is 0 Å². The maximum Gasteiger partial charge on any atom is 0.293 e. The van der Waals surface area contributed by atoms with Gasteiger partial charge in [-0.05, 0) is 30.7 Å². The van der Waals surface area contributed by atoms with Gasteiger partial charge >= 0.3 is 0 Å². The lowest BCUT2D eigenvalue weighted by Gasteiger charge is -1.95. The number of aromatic nitrogens is 1. The molecule has 0 radical (unpaired) electrons. The quantitative estimate of drug-likeness (QED) is 0.481. The van der Waals surface area contributed by atoms with Gasteiger partial charge in [-0.2, -0.15) is 0 Å². The van der Waals surface area contributed by atoms with E-state index in [2.05, 4.69) is 4.98 Å². The molecule has 1 aromatic carbocycles. The zero-order valence-corrected chi connectivity index (χ0v) is 8.76. The number of Topliss-reactive ketones (excluding diaryl/α,β-unsaturated/α-hetero) is 1. The Bertz CT molecular complexity index is 557. The number of benzene rings is 1. The summed E-state index contributed by atoms with van der Waals surface area (Å²) in [5.41, 5.74) is 2.17. The summed E-state index contributed by atoms with van der Waals surface area (Å²) in [5.74, 6) is -0.673. The summed E-state index contributed by atoms with van der Waals surface area (Å²) in [4.78, 5) is 25.1. The van der Waals surface area contributed by atoms with Crippen LogP contribution in [0.4, 0.5) is 0 Å². The number of fused-ring (bicyclic) bond motifs is 1. The first-order valence-corrected chi connectivity index (χ1v) is 4.79. The topological polar surface area (TPSA) is 49.9 Å². The second kappa shape index (κ2) is 3.51. The second-order valence-corrected chi connectivity index (χ2v) is 3.70. The molecule has 2 rings (SSSR count). The highest BCUT2D eigenvalue weighted by molar-refractivity contribution is 6.83. The minimum atomic E-state index is -0.961. The number of hydrogen-bond donors (Lipinski definition) is 1. The Hall–Kier alpha value is -1.61. The molecule has 1 aromatic heterocycles. The van der Waals surface area contributed by atoms with Gasteiger partial charge in [0, 0.05) is 17.1 Å². The molecule has 15 heavy (non-hydrogen) atoms. The Labute approximate surface area is 91.0 Å². The van der Waals surface area contributed by atoms with Gasteiger partial charge in [-0.3, -0.25) is 9.59 Å². The number of hydrogen-bond acceptors (Lipinski definition) is 2. The smallest absolute Gasteiger partial charge is 0.293 e. The maximum absolute atomic E-state index is 11.4. The van der Waals surface area contributed by atoms with Gasteiger partial charge in [0.25, 0.3) is 5.24 Å².